The molecule has 10 nitrogen and oxygen atoms in total. The van der Waals surface area contributed by atoms with E-state index < -0.39 is 5.91 Å². The molecule has 178 valence electrons. The van der Waals surface area contributed by atoms with Crippen LogP contribution in [-0.4, -0.2) is 39.7 Å². The lowest BCUT2D eigenvalue weighted by atomic mass is 10.1. The lowest BCUT2D eigenvalue weighted by Crippen LogP contribution is -2.25. The van der Waals surface area contributed by atoms with Gasteiger partial charge < -0.3 is 20.4 Å². The molecule has 5 rings (SSSR count). The van der Waals surface area contributed by atoms with E-state index in [9.17, 15) is 9.59 Å². The van der Waals surface area contributed by atoms with Gasteiger partial charge in [0, 0.05) is 37.0 Å². The Morgan fingerprint density at radius 3 is 2.77 bits per heavy atom. The Hall–Kier alpha value is -4.47. The summed E-state index contributed by atoms with van der Waals surface area (Å²) in [6.07, 6.45) is 12.3. The Balaban J connectivity index is 1.51. The standard InChI is InChI=1S/C25H25N7O3/c1-16-13-28-25(29-17-8-9-18(23(26)34)20(12-17)31-10-4-5-11-31)30-24(16)32(22-14-27-15-35-22)19-6-2-3-7-21(19)33/h2-3,6,8-9,12-15H,4-5,7,10-11H2,1H3,(H2,26,34)(H,28,29,30). The number of Topliss-reactive ketones (excluding diaryl/α,β-unsaturated/α-hetero) is 1. The number of hydrogen-bond donors (Lipinski definition) is 2. The van der Waals surface area contributed by atoms with Crippen LogP contribution in [0.15, 0.2) is 65.3 Å². The maximum Gasteiger partial charge on any atom is 0.250 e. The lowest BCUT2D eigenvalue weighted by molar-refractivity contribution is -0.114. The molecule has 3 aromatic rings. The monoisotopic (exact) mass is 471 g/mol. The highest BCUT2D eigenvalue weighted by molar-refractivity contribution is 6.02. The number of aromatic nitrogens is 3. The van der Waals surface area contributed by atoms with Crippen molar-refractivity contribution < 1.29 is 14.0 Å². The van der Waals surface area contributed by atoms with Crippen molar-refractivity contribution >= 4 is 40.7 Å². The number of nitrogens with zero attached hydrogens (tertiary/aromatic N) is 5. The second-order valence-corrected chi connectivity index (χ2v) is 8.40. The summed E-state index contributed by atoms with van der Waals surface area (Å²) in [5, 5.41) is 3.22. The number of amides is 1. The van der Waals surface area contributed by atoms with E-state index in [4.69, 9.17) is 15.1 Å². The van der Waals surface area contributed by atoms with Gasteiger partial charge in [0.05, 0.1) is 23.1 Å². The summed E-state index contributed by atoms with van der Waals surface area (Å²) >= 11 is 0. The van der Waals surface area contributed by atoms with Crippen molar-refractivity contribution in [1.29, 1.82) is 0 Å². The molecule has 3 heterocycles. The van der Waals surface area contributed by atoms with E-state index in [0.717, 1.165) is 37.2 Å². The highest BCUT2D eigenvalue weighted by Gasteiger charge is 2.27. The molecule has 0 bridgehead atoms. The van der Waals surface area contributed by atoms with Crippen LogP contribution in [0.3, 0.4) is 0 Å². The Morgan fingerprint density at radius 1 is 1.23 bits per heavy atom. The number of carbonyl (C=O) groups excluding carboxylic acids is 2. The van der Waals surface area contributed by atoms with E-state index in [1.807, 2.05) is 19.1 Å². The molecule has 0 radical (unpaired) electrons. The first kappa shape index (κ1) is 22.3. The van der Waals surface area contributed by atoms with E-state index >= 15 is 0 Å². The quantitative estimate of drug-likeness (QED) is 0.529. The van der Waals surface area contributed by atoms with Gasteiger partial charge in [-0.15, -0.1) is 0 Å². The molecule has 10 heteroatoms. The number of aryl methyl sites for hydroxylation is 1. The molecule has 1 aromatic carbocycles. The van der Waals surface area contributed by atoms with Gasteiger partial charge in [-0.05, 0) is 44.0 Å². The van der Waals surface area contributed by atoms with E-state index in [0.29, 0.717) is 34.6 Å². The highest BCUT2D eigenvalue weighted by atomic mass is 16.4. The predicted molar refractivity (Wildman–Crippen MR) is 132 cm³/mol. The summed E-state index contributed by atoms with van der Waals surface area (Å²) in [6.45, 7) is 3.61. The average Bonchev–Trinajstić information content (AvgIpc) is 3.57. The van der Waals surface area contributed by atoms with Crippen molar-refractivity contribution in [2.75, 3.05) is 28.2 Å². The van der Waals surface area contributed by atoms with Gasteiger partial charge in [-0.2, -0.15) is 4.98 Å². The first-order chi connectivity index (χ1) is 17.0. The van der Waals surface area contributed by atoms with E-state index in [1.165, 1.54) is 12.6 Å². The third kappa shape index (κ3) is 4.50. The van der Waals surface area contributed by atoms with Crippen LogP contribution in [0.4, 0.5) is 29.0 Å². The van der Waals surface area contributed by atoms with Gasteiger partial charge in [0.1, 0.15) is 5.82 Å². The van der Waals surface area contributed by atoms with Crippen LogP contribution in [0.2, 0.25) is 0 Å². The summed E-state index contributed by atoms with van der Waals surface area (Å²) in [5.74, 6) is 0.661. The van der Waals surface area contributed by atoms with Crippen LogP contribution in [0, 0.1) is 6.92 Å². The van der Waals surface area contributed by atoms with Crippen molar-refractivity contribution in [3.8, 4) is 0 Å². The largest absolute Gasteiger partial charge is 0.427 e. The molecule has 1 aliphatic carbocycles. The number of hydrogen-bond acceptors (Lipinski definition) is 9. The third-order valence-electron chi connectivity index (χ3n) is 5.98. The number of anilines is 5. The zero-order valence-corrected chi connectivity index (χ0v) is 19.3. The van der Waals surface area contributed by atoms with Crippen molar-refractivity contribution in [2.45, 2.75) is 26.2 Å². The summed E-state index contributed by atoms with van der Waals surface area (Å²) in [5.41, 5.74) is 8.78. The van der Waals surface area contributed by atoms with Crippen LogP contribution in [-0.2, 0) is 4.79 Å². The summed E-state index contributed by atoms with van der Waals surface area (Å²) in [7, 11) is 0. The molecule has 0 unspecified atom stereocenters. The first-order valence-electron chi connectivity index (χ1n) is 11.4. The van der Waals surface area contributed by atoms with Crippen molar-refractivity contribution in [3.05, 3.63) is 72.0 Å². The smallest absolute Gasteiger partial charge is 0.250 e. The fourth-order valence-corrected chi connectivity index (χ4v) is 4.27. The van der Waals surface area contributed by atoms with Gasteiger partial charge in [0.25, 0.3) is 5.91 Å². The maximum atomic E-state index is 12.7. The fraction of sp³-hybridized carbons (Fsp3) is 0.240. The molecule has 2 aromatic heterocycles. The molecule has 0 atom stereocenters. The molecular formula is C25H25N7O3. The molecule has 1 amide bonds. The number of benzene rings is 1. The fourth-order valence-electron chi connectivity index (χ4n) is 4.27. The van der Waals surface area contributed by atoms with E-state index in [2.05, 4.69) is 20.2 Å². The van der Waals surface area contributed by atoms with Gasteiger partial charge in [-0.1, -0.05) is 12.2 Å². The van der Waals surface area contributed by atoms with Crippen LogP contribution >= 0.6 is 0 Å². The number of carbonyl (C=O) groups is 2. The molecule has 35 heavy (non-hydrogen) atoms. The summed E-state index contributed by atoms with van der Waals surface area (Å²) in [6, 6.07) is 5.38. The molecule has 3 N–H and O–H groups in total. The molecule has 1 aliphatic heterocycles. The van der Waals surface area contributed by atoms with Gasteiger partial charge in [-0.3, -0.25) is 14.5 Å². The maximum absolute atomic E-state index is 12.7. The van der Waals surface area contributed by atoms with Gasteiger partial charge in [-0.25, -0.2) is 9.97 Å². The minimum atomic E-state index is -0.463. The zero-order chi connectivity index (χ0) is 24.4. The molecule has 2 aliphatic rings. The van der Waals surface area contributed by atoms with Crippen molar-refractivity contribution in [2.24, 2.45) is 5.73 Å². The third-order valence-corrected chi connectivity index (χ3v) is 5.98. The number of nitrogens with two attached hydrogens (primary N) is 1. The molecule has 0 saturated carbocycles. The number of oxazole rings is 1. The first-order valence-corrected chi connectivity index (χ1v) is 11.4. The minimum absolute atomic E-state index is 0.0614. The van der Waals surface area contributed by atoms with Gasteiger partial charge in [0.15, 0.2) is 12.2 Å². The van der Waals surface area contributed by atoms with Gasteiger partial charge >= 0.3 is 0 Å². The summed E-state index contributed by atoms with van der Waals surface area (Å²) in [4.78, 5) is 41.7. The molecule has 0 spiro atoms. The topological polar surface area (TPSA) is 130 Å². The van der Waals surface area contributed by atoms with Crippen LogP contribution in [0.1, 0.15) is 35.2 Å². The Kier molecular flexibility index (Phi) is 6.01. The van der Waals surface area contributed by atoms with E-state index in [1.54, 1.807) is 35.4 Å². The summed E-state index contributed by atoms with van der Waals surface area (Å²) < 4.78 is 5.54. The second-order valence-electron chi connectivity index (χ2n) is 8.40. The van der Waals surface area contributed by atoms with E-state index in [-0.39, 0.29) is 12.2 Å². The molecule has 1 fully saturated rings. The van der Waals surface area contributed by atoms with Crippen LogP contribution in [0.25, 0.3) is 0 Å². The normalized spacial score (nSPS) is 15.3. The highest BCUT2D eigenvalue weighted by Crippen LogP contribution is 2.34. The van der Waals surface area contributed by atoms with Crippen molar-refractivity contribution in [3.63, 3.8) is 0 Å². The number of primary amides is 1. The molecule has 1 saturated heterocycles. The minimum Gasteiger partial charge on any atom is -0.427 e. The average molecular weight is 472 g/mol. The lowest BCUT2D eigenvalue weighted by Gasteiger charge is -2.25. The van der Waals surface area contributed by atoms with Gasteiger partial charge in [0.2, 0.25) is 11.8 Å². The number of rotatable bonds is 7. The SMILES string of the molecule is Cc1cnc(Nc2ccc(C(N)=O)c(N3CCCC3)c2)nc1N(C1=CC=CCC1=O)c1cnco1. The van der Waals surface area contributed by atoms with Crippen molar-refractivity contribution in [1.82, 2.24) is 15.0 Å². The number of ketones is 1. The zero-order valence-electron chi connectivity index (χ0n) is 19.3. The second kappa shape index (κ2) is 9.41. The van der Waals surface area contributed by atoms with Crippen LogP contribution in [0.5, 0.6) is 0 Å². The Labute approximate surface area is 202 Å². The predicted octanol–water partition coefficient (Wildman–Crippen LogP) is 3.77. The molecular weight excluding hydrogens is 446 g/mol. The Bertz CT molecular complexity index is 1320. The Morgan fingerprint density at radius 2 is 2.06 bits per heavy atom. The van der Waals surface area contributed by atoms with Crippen LogP contribution < -0.4 is 20.9 Å². The number of allylic oxidation sites excluding steroid dienone is 4. The number of nitrogens with one attached hydrogen (secondary N) is 1.